The summed E-state index contributed by atoms with van der Waals surface area (Å²) in [6.07, 6.45) is 0. The van der Waals surface area contributed by atoms with Crippen molar-refractivity contribution in [1.29, 1.82) is 0 Å². The fourth-order valence-corrected chi connectivity index (χ4v) is 3.53. The first-order valence-corrected chi connectivity index (χ1v) is 8.99. The van der Waals surface area contributed by atoms with Gasteiger partial charge in [0.05, 0.1) is 10.6 Å². The second-order valence-electron chi connectivity index (χ2n) is 5.23. The molecule has 3 aromatic rings. The van der Waals surface area contributed by atoms with Gasteiger partial charge in [-0.2, -0.15) is 0 Å². The van der Waals surface area contributed by atoms with Crippen molar-refractivity contribution < 1.29 is 17.2 Å². The van der Waals surface area contributed by atoms with Gasteiger partial charge in [-0.1, -0.05) is 18.2 Å². The third kappa shape index (κ3) is 3.34. The minimum absolute atomic E-state index is 0.246. The maximum absolute atomic E-state index is 13.3. The Kier molecular flexibility index (Phi) is 4.45. The van der Waals surface area contributed by atoms with Gasteiger partial charge in [0.15, 0.2) is 5.69 Å². The Labute approximate surface area is 143 Å². The number of anilines is 2. The van der Waals surface area contributed by atoms with Crippen molar-refractivity contribution in [2.45, 2.75) is 11.8 Å². The number of para-hydroxylation sites is 1. The number of hydrogen-bond acceptors (Lipinski definition) is 5. The van der Waals surface area contributed by atoms with Gasteiger partial charge in [0.25, 0.3) is 10.0 Å². The maximum Gasteiger partial charge on any atom is 0.363 e. The summed E-state index contributed by atoms with van der Waals surface area (Å²) in [4.78, 5) is 12.0. The van der Waals surface area contributed by atoms with Crippen LogP contribution in [-0.4, -0.2) is 15.0 Å². The SMILES string of the molecule is CCNc1c(NS(=O)(=O)c2cccc(F)c2)c(=O)oc2ccccc12. The molecule has 0 atom stereocenters. The first kappa shape index (κ1) is 17.0. The van der Waals surface area contributed by atoms with Crippen molar-refractivity contribution in [3.63, 3.8) is 0 Å². The van der Waals surface area contributed by atoms with Gasteiger partial charge in [-0.05, 0) is 37.3 Å². The molecule has 2 N–H and O–H groups in total. The molecule has 2 aromatic carbocycles. The molecule has 0 saturated heterocycles. The van der Waals surface area contributed by atoms with Crippen LogP contribution in [0.3, 0.4) is 0 Å². The topological polar surface area (TPSA) is 88.4 Å². The van der Waals surface area contributed by atoms with Gasteiger partial charge in [0.1, 0.15) is 11.4 Å². The monoisotopic (exact) mass is 362 g/mol. The molecule has 0 unspecified atom stereocenters. The summed E-state index contributed by atoms with van der Waals surface area (Å²) in [6, 6.07) is 11.3. The predicted molar refractivity (Wildman–Crippen MR) is 93.9 cm³/mol. The van der Waals surface area contributed by atoms with Gasteiger partial charge in [-0.25, -0.2) is 17.6 Å². The normalized spacial score (nSPS) is 11.4. The molecule has 0 spiro atoms. The molecule has 0 aliphatic carbocycles. The second kappa shape index (κ2) is 6.56. The molecule has 0 aliphatic heterocycles. The van der Waals surface area contributed by atoms with Gasteiger partial charge >= 0.3 is 5.63 Å². The Bertz CT molecular complexity index is 1090. The summed E-state index contributed by atoms with van der Waals surface area (Å²) in [5.41, 5.74) is -0.439. The summed E-state index contributed by atoms with van der Waals surface area (Å²) in [7, 11) is -4.16. The van der Waals surface area contributed by atoms with E-state index in [1.807, 2.05) is 6.92 Å². The lowest BCUT2D eigenvalue weighted by atomic mass is 10.2. The van der Waals surface area contributed by atoms with Gasteiger partial charge in [0, 0.05) is 11.9 Å². The quantitative estimate of drug-likeness (QED) is 0.681. The van der Waals surface area contributed by atoms with Crippen LogP contribution in [0.15, 0.2) is 62.6 Å². The Morgan fingerprint density at radius 3 is 2.56 bits per heavy atom. The van der Waals surface area contributed by atoms with E-state index in [2.05, 4.69) is 10.0 Å². The summed E-state index contributed by atoms with van der Waals surface area (Å²) in [5, 5.41) is 3.54. The van der Waals surface area contributed by atoms with E-state index in [9.17, 15) is 17.6 Å². The Balaban J connectivity index is 2.17. The first-order valence-electron chi connectivity index (χ1n) is 7.50. The van der Waals surface area contributed by atoms with Gasteiger partial charge in [-0.3, -0.25) is 4.72 Å². The third-order valence-corrected chi connectivity index (χ3v) is 4.86. The van der Waals surface area contributed by atoms with Gasteiger partial charge < -0.3 is 9.73 Å². The number of nitrogens with one attached hydrogen (secondary N) is 2. The standard InChI is InChI=1S/C17H15FN2O4S/c1-2-19-15-13-8-3-4-9-14(13)24-17(21)16(15)20-25(22,23)12-7-5-6-11(18)10-12/h3-10,19-20H,2H2,1H3. The lowest BCUT2D eigenvalue weighted by Crippen LogP contribution is -2.20. The highest BCUT2D eigenvalue weighted by Gasteiger charge is 2.21. The fourth-order valence-electron chi connectivity index (χ4n) is 2.43. The zero-order valence-electron chi connectivity index (χ0n) is 13.2. The highest BCUT2D eigenvalue weighted by atomic mass is 32.2. The van der Waals surface area contributed by atoms with Crippen LogP contribution in [0.25, 0.3) is 11.0 Å². The number of fused-ring (bicyclic) bond motifs is 1. The maximum atomic E-state index is 13.3. The van der Waals surface area contributed by atoms with Crippen LogP contribution in [0.2, 0.25) is 0 Å². The van der Waals surface area contributed by atoms with Gasteiger partial charge in [0.2, 0.25) is 0 Å². The molecule has 130 valence electrons. The minimum atomic E-state index is -4.16. The fraction of sp³-hybridized carbons (Fsp3) is 0.118. The average Bonchev–Trinajstić information content (AvgIpc) is 2.58. The Hall–Kier alpha value is -2.87. The van der Waals surface area contributed by atoms with Crippen LogP contribution in [0.1, 0.15) is 6.92 Å². The molecule has 0 fully saturated rings. The zero-order valence-corrected chi connectivity index (χ0v) is 14.1. The van der Waals surface area contributed by atoms with E-state index in [1.165, 1.54) is 12.1 Å². The van der Waals surface area contributed by atoms with Crippen LogP contribution < -0.4 is 15.7 Å². The molecule has 25 heavy (non-hydrogen) atoms. The van der Waals surface area contributed by atoms with Crippen molar-refractivity contribution >= 4 is 32.4 Å². The van der Waals surface area contributed by atoms with E-state index in [1.54, 1.807) is 24.3 Å². The molecule has 1 aromatic heterocycles. The van der Waals surface area contributed by atoms with Crippen LogP contribution in [0.4, 0.5) is 15.8 Å². The van der Waals surface area contributed by atoms with E-state index in [-0.39, 0.29) is 10.6 Å². The average molecular weight is 362 g/mol. The van der Waals surface area contributed by atoms with Crippen LogP contribution >= 0.6 is 0 Å². The highest BCUT2D eigenvalue weighted by Crippen LogP contribution is 2.30. The molecule has 3 rings (SSSR count). The first-order chi connectivity index (χ1) is 11.9. The van der Waals surface area contributed by atoms with E-state index < -0.39 is 21.5 Å². The van der Waals surface area contributed by atoms with Crippen LogP contribution in [0, 0.1) is 5.82 Å². The molecule has 0 radical (unpaired) electrons. The molecule has 8 heteroatoms. The van der Waals surface area contributed by atoms with Crippen LogP contribution in [-0.2, 0) is 10.0 Å². The molecule has 6 nitrogen and oxygen atoms in total. The van der Waals surface area contributed by atoms with Crippen molar-refractivity contribution in [3.8, 4) is 0 Å². The van der Waals surface area contributed by atoms with Crippen molar-refractivity contribution in [1.82, 2.24) is 0 Å². The van der Waals surface area contributed by atoms with Gasteiger partial charge in [-0.15, -0.1) is 0 Å². The summed E-state index contributed by atoms with van der Waals surface area (Å²) in [6.45, 7) is 2.27. The smallest absolute Gasteiger partial charge is 0.363 e. The minimum Gasteiger partial charge on any atom is -0.421 e. The summed E-state index contributed by atoms with van der Waals surface area (Å²) < 4.78 is 45.8. The Morgan fingerprint density at radius 2 is 1.84 bits per heavy atom. The Morgan fingerprint density at radius 1 is 1.08 bits per heavy atom. The predicted octanol–water partition coefficient (Wildman–Crippen LogP) is 3.16. The largest absolute Gasteiger partial charge is 0.421 e. The van der Waals surface area contributed by atoms with E-state index in [0.717, 1.165) is 12.1 Å². The van der Waals surface area contributed by atoms with E-state index in [0.29, 0.717) is 23.2 Å². The number of halogens is 1. The van der Waals surface area contributed by atoms with E-state index in [4.69, 9.17) is 4.42 Å². The number of hydrogen-bond donors (Lipinski definition) is 2. The zero-order chi connectivity index (χ0) is 18.0. The lowest BCUT2D eigenvalue weighted by molar-refractivity contribution is 0.563. The number of benzene rings is 2. The van der Waals surface area contributed by atoms with E-state index >= 15 is 0 Å². The molecule has 0 amide bonds. The number of sulfonamides is 1. The van der Waals surface area contributed by atoms with Crippen molar-refractivity contribution in [2.24, 2.45) is 0 Å². The van der Waals surface area contributed by atoms with Crippen LogP contribution in [0.5, 0.6) is 0 Å². The molecule has 0 bridgehead atoms. The molecular formula is C17H15FN2O4S. The molecule has 0 aliphatic rings. The second-order valence-corrected chi connectivity index (χ2v) is 6.91. The molecule has 1 heterocycles. The summed E-state index contributed by atoms with van der Waals surface area (Å²) >= 11 is 0. The number of rotatable bonds is 5. The highest BCUT2D eigenvalue weighted by molar-refractivity contribution is 7.92. The molecule has 0 saturated carbocycles. The summed E-state index contributed by atoms with van der Waals surface area (Å²) in [5.74, 6) is -0.694. The van der Waals surface area contributed by atoms with Crippen molar-refractivity contribution in [3.05, 3.63) is 64.8 Å². The lowest BCUT2D eigenvalue weighted by Gasteiger charge is -2.14. The third-order valence-electron chi connectivity index (χ3n) is 3.51. The molecular weight excluding hydrogens is 347 g/mol. The van der Waals surface area contributed by atoms with Crippen molar-refractivity contribution in [2.75, 3.05) is 16.6 Å².